The van der Waals surface area contributed by atoms with E-state index < -0.39 is 0 Å². The van der Waals surface area contributed by atoms with Gasteiger partial charge < -0.3 is 10.1 Å². The molecule has 15 heavy (non-hydrogen) atoms. The smallest absolute Gasteiger partial charge is 0.326 e. The average molecular weight is 224 g/mol. The van der Waals surface area contributed by atoms with Crippen molar-refractivity contribution in [3.63, 3.8) is 0 Å². The van der Waals surface area contributed by atoms with E-state index in [0.717, 1.165) is 23.5 Å². The maximum atomic E-state index is 11.3. The van der Waals surface area contributed by atoms with E-state index >= 15 is 0 Å². The molecule has 0 fully saturated rings. The molecule has 1 aliphatic heterocycles. The summed E-state index contributed by atoms with van der Waals surface area (Å²) in [6.45, 7) is 0.783. The lowest BCUT2D eigenvalue weighted by atomic mass is 10.1. The molecule has 0 aliphatic carbocycles. The van der Waals surface area contributed by atoms with Crippen molar-refractivity contribution in [1.82, 2.24) is 10.3 Å². The summed E-state index contributed by atoms with van der Waals surface area (Å²) in [5.41, 5.74) is 1.12. The molecule has 1 unspecified atom stereocenters. The van der Waals surface area contributed by atoms with Gasteiger partial charge in [0.25, 0.3) is 0 Å². The van der Waals surface area contributed by atoms with E-state index in [-0.39, 0.29) is 12.0 Å². The molecular formula is C10H12N2O2S. The number of hydrogen-bond donors (Lipinski definition) is 1. The van der Waals surface area contributed by atoms with Gasteiger partial charge in [-0.2, -0.15) is 0 Å². The van der Waals surface area contributed by atoms with Crippen molar-refractivity contribution in [1.29, 1.82) is 0 Å². The summed E-state index contributed by atoms with van der Waals surface area (Å²) in [7, 11) is 1.40. The molecule has 1 N–H and O–H groups in total. The Bertz CT molecular complexity index is 373. The van der Waals surface area contributed by atoms with Crippen molar-refractivity contribution >= 4 is 22.9 Å². The number of ether oxygens (including phenoxy) is 1. The highest BCUT2D eigenvalue weighted by atomic mass is 32.1. The lowest BCUT2D eigenvalue weighted by molar-refractivity contribution is -0.141. The zero-order valence-electron chi connectivity index (χ0n) is 8.40. The fourth-order valence-electron chi connectivity index (χ4n) is 1.54. The van der Waals surface area contributed by atoms with Gasteiger partial charge in [-0.1, -0.05) is 6.08 Å². The molecule has 1 atom stereocenters. The van der Waals surface area contributed by atoms with Crippen LogP contribution in [0.1, 0.15) is 11.4 Å². The molecule has 5 heteroatoms. The van der Waals surface area contributed by atoms with Gasteiger partial charge in [-0.15, -0.1) is 11.3 Å². The van der Waals surface area contributed by atoms with E-state index in [4.69, 9.17) is 4.74 Å². The van der Waals surface area contributed by atoms with Crippen LogP contribution in [0.3, 0.4) is 0 Å². The van der Waals surface area contributed by atoms with Crippen molar-refractivity contribution in [2.24, 2.45) is 0 Å². The summed E-state index contributed by atoms with van der Waals surface area (Å²) in [4.78, 5) is 15.6. The third-order valence-corrected chi connectivity index (χ3v) is 3.14. The van der Waals surface area contributed by atoms with Gasteiger partial charge >= 0.3 is 5.97 Å². The van der Waals surface area contributed by atoms with Crippen LogP contribution in [-0.2, 0) is 9.53 Å². The Labute approximate surface area is 92.0 Å². The minimum absolute atomic E-state index is 0.247. The minimum atomic E-state index is -0.331. The summed E-state index contributed by atoms with van der Waals surface area (Å²) < 4.78 is 4.69. The van der Waals surface area contributed by atoms with E-state index in [0.29, 0.717) is 0 Å². The Morgan fingerprint density at radius 3 is 3.27 bits per heavy atom. The zero-order chi connectivity index (χ0) is 10.7. The predicted octanol–water partition coefficient (Wildman–Crippen LogP) is 1.06. The van der Waals surface area contributed by atoms with Gasteiger partial charge in [0, 0.05) is 18.1 Å². The highest BCUT2D eigenvalue weighted by molar-refractivity contribution is 7.10. The summed E-state index contributed by atoms with van der Waals surface area (Å²) in [6.07, 6.45) is 4.57. The third-order valence-electron chi connectivity index (χ3n) is 2.29. The molecule has 2 rings (SSSR count). The number of rotatable bonds is 2. The Balaban J connectivity index is 2.19. The molecule has 1 aliphatic rings. The van der Waals surface area contributed by atoms with Gasteiger partial charge in [0.05, 0.1) is 7.11 Å². The highest BCUT2D eigenvalue weighted by Crippen LogP contribution is 2.23. The van der Waals surface area contributed by atoms with E-state index in [1.807, 2.05) is 11.5 Å². The lowest BCUT2D eigenvalue weighted by Crippen LogP contribution is -2.39. The second kappa shape index (κ2) is 4.55. The van der Waals surface area contributed by atoms with E-state index in [1.54, 1.807) is 17.5 Å². The topological polar surface area (TPSA) is 51.2 Å². The number of nitrogens with one attached hydrogen (secondary N) is 1. The molecule has 0 radical (unpaired) electrons. The van der Waals surface area contributed by atoms with Gasteiger partial charge in [0.15, 0.2) is 0 Å². The molecule has 0 saturated carbocycles. The molecule has 0 amide bonds. The van der Waals surface area contributed by atoms with Crippen LogP contribution in [0.25, 0.3) is 5.57 Å². The Morgan fingerprint density at radius 2 is 2.60 bits per heavy atom. The van der Waals surface area contributed by atoms with Gasteiger partial charge in [-0.25, -0.2) is 4.98 Å². The molecule has 4 nitrogen and oxygen atoms in total. The number of carbonyl (C=O) groups excluding carboxylic acids is 1. The third kappa shape index (κ3) is 2.24. The van der Waals surface area contributed by atoms with Crippen LogP contribution in [0, 0.1) is 0 Å². The zero-order valence-corrected chi connectivity index (χ0v) is 9.21. The first-order chi connectivity index (χ1) is 7.31. The van der Waals surface area contributed by atoms with Gasteiger partial charge in [-0.3, -0.25) is 4.79 Å². The fraction of sp³-hybridized carbons (Fsp3) is 0.400. The average Bonchev–Trinajstić information content (AvgIpc) is 2.82. The first-order valence-electron chi connectivity index (χ1n) is 4.73. The van der Waals surface area contributed by atoms with E-state index in [2.05, 4.69) is 10.3 Å². The van der Waals surface area contributed by atoms with Crippen molar-refractivity contribution in [3.8, 4) is 0 Å². The van der Waals surface area contributed by atoms with Crippen LogP contribution < -0.4 is 5.32 Å². The first-order valence-corrected chi connectivity index (χ1v) is 5.61. The van der Waals surface area contributed by atoms with Gasteiger partial charge in [0.1, 0.15) is 11.0 Å². The lowest BCUT2D eigenvalue weighted by Gasteiger charge is -2.19. The summed E-state index contributed by atoms with van der Waals surface area (Å²) in [5, 5.41) is 6.01. The second-order valence-electron chi connectivity index (χ2n) is 3.23. The molecule has 80 valence electrons. The van der Waals surface area contributed by atoms with Crippen LogP contribution in [0.5, 0.6) is 0 Å². The Morgan fingerprint density at radius 1 is 1.73 bits per heavy atom. The maximum Gasteiger partial charge on any atom is 0.326 e. The first kappa shape index (κ1) is 10.3. The van der Waals surface area contributed by atoms with Crippen molar-refractivity contribution in [3.05, 3.63) is 22.7 Å². The van der Waals surface area contributed by atoms with Crippen molar-refractivity contribution in [2.75, 3.05) is 13.7 Å². The molecule has 0 aromatic carbocycles. The van der Waals surface area contributed by atoms with Crippen LogP contribution >= 0.6 is 11.3 Å². The standard InChI is InChI=1S/C10H12N2O2S/c1-14-10(13)8-6-7(2-3-11-8)9-12-4-5-15-9/h4-6,8,11H,2-3H2,1H3. The maximum absolute atomic E-state index is 11.3. The number of hydrogen-bond acceptors (Lipinski definition) is 5. The number of esters is 1. The van der Waals surface area contributed by atoms with Crippen LogP contribution in [0.15, 0.2) is 17.7 Å². The molecule has 1 aromatic rings. The fourth-order valence-corrected chi connectivity index (χ4v) is 2.24. The largest absolute Gasteiger partial charge is 0.468 e. The summed E-state index contributed by atoms with van der Waals surface area (Å²) in [6, 6.07) is -0.331. The van der Waals surface area contributed by atoms with Crippen molar-refractivity contribution < 1.29 is 9.53 Å². The minimum Gasteiger partial charge on any atom is -0.468 e. The monoisotopic (exact) mass is 224 g/mol. The molecule has 0 spiro atoms. The molecular weight excluding hydrogens is 212 g/mol. The SMILES string of the molecule is COC(=O)C1C=C(c2nccs2)CCN1. The predicted molar refractivity (Wildman–Crippen MR) is 58.5 cm³/mol. The van der Waals surface area contributed by atoms with E-state index in [1.165, 1.54) is 7.11 Å². The van der Waals surface area contributed by atoms with Crippen LogP contribution in [-0.4, -0.2) is 30.6 Å². The normalized spacial score (nSPS) is 20.9. The molecule has 0 bridgehead atoms. The summed E-state index contributed by atoms with van der Waals surface area (Å²) >= 11 is 1.59. The Kier molecular flexibility index (Phi) is 3.13. The number of methoxy groups -OCH3 is 1. The molecule has 1 aromatic heterocycles. The van der Waals surface area contributed by atoms with Gasteiger partial charge in [0.2, 0.25) is 0 Å². The van der Waals surface area contributed by atoms with Crippen molar-refractivity contribution in [2.45, 2.75) is 12.5 Å². The molecule has 0 saturated heterocycles. The number of nitrogens with zero attached hydrogens (tertiary/aromatic N) is 1. The summed E-state index contributed by atoms with van der Waals surface area (Å²) in [5.74, 6) is -0.247. The quantitative estimate of drug-likeness (QED) is 0.763. The number of carbonyl (C=O) groups is 1. The van der Waals surface area contributed by atoms with E-state index in [9.17, 15) is 4.79 Å². The van der Waals surface area contributed by atoms with Crippen LogP contribution in [0.2, 0.25) is 0 Å². The highest BCUT2D eigenvalue weighted by Gasteiger charge is 2.21. The number of thiazole rings is 1. The van der Waals surface area contributed by atoms with Crippen LogP contribution in [0.4, 0.5) is 0 Å². The Hall–Kier alpha value is -1.20. The van der Waals surface area contributed by atoms with Gasteiger partial charge in [-0.05, 0) is 12.0 Å². The molecule has 2 heterocycles. The second-order valence-corrected chi connectivity index (χ2v) is 4.13. The number of aromatic nitrogens is 1.